The topological polar surface area (TPSA) is 69.4 Å². The Bertz CT molecular complexity index is 496. The molecule has 1 aromatic carbocycles. The van der Waals surface area contributed by atoms with Crippen LogP contribution >= 0.6 is 0 Å². The van der Waals surface area contributed by atoms with Gasteiger partial charge in [-0.2, -0.15) is 0 Å². The van der Waals surface area contributed by atoms with Gasteiger partial charge >= 0.3 is 5.97 Å². The third-order valence-corrected chi connectivity index (χ3v) is 3.60. The van der Waals surface area contributed by atoms with E-state index in [1.807, 2.05) is 6.08 Å². The van der Waals surface area contributed by atoms with Crippen LogP contribution in [0, 0.1) is 10.1 Å². The summed E-state index contributed by atoms with van der Waals surface area (Å²) in [6, 6.07) is 5.46. The Morgan fingerprint density at radius 1 is 1.04 bits per heavy atom. The lowest BCUT2D eigenvalue weighted by molar-refractivity contribution is -0.384. The maximum Gasteiger partial charge on any atom is 0.338 e. The number of nitro benzene ring substituents is 1. The van der Waals surface area contributed by atoms with Crippen LogP contribution in [-0.4, -0.2) is 17.5 Å². The quantitative estimate of drug-likeness (QED) is 0.177. The van der Waals surface area contributed by atoms with E-state index in [1.165, 1.54) is 49.9 Å². The number of non-ortho nitro benzene ring substituents is 1. The number of esters is 1. The molecule has 0 atom stereocenters. The molecule has 23 heavy (non-hydrogen) atoms. The second kappa shape index (κ2) is 11.4. The smallest absolute Gasteiger partial charge is 0.338 e. The van der Waals surface area contributed by atoms with Crippen LogP contribution in [0.2, 0.25) is 0 Å². The van der Waals surface area contributed by atoms with E-state index in [2.05, 4.69) is 6.58 Å². The summed E-state index contributed by atoms with van der Waals surface area (Å²) < 4.78 is 5.17. The van der Waals surface area contributed by atoms with Crippen LogP contribution in [0.25, 0.3) is 0 Å². The molecule has 0 radical (unpaired) electrons. The average molecular weight is 319 g/mol. The van der Waals surface area contributed by atoms with Gasteiger partial charge < -0.3 is 4.74 Å². The number of allylic oxidation sites excluding steroid dienone is 1. The molecular formula is C18H25NO4. The summed E-state index contributed by atoms with van der Waals surface area (Å²) in [7, 11) is 0. The lowest BCUT2D eigenvalue weighted by Gasteiger charge is -2.05. The summed E-state index contributed by atoms with van der Waals surface area (Å²) in [5.41, 5.74) is 0.312. The number of hydrogen-bond acceptors (Lipinski definition) is 4. The number of nitrogens with zero attached hydrogens (tertiary/aromatic N) is 1. The molecule has 0 saturated heterocycles. The Kier molecular flexibility index (Phi) is 9.36. The molecule has 126 valence electrons. The third kappa shape index (κ3) is 8.14. The molecule has 0 aliphatic carbocycles. The van der Waals surface area contributed by atoms with E-state index < -0.39 is 10.9 Å². The minimum absolute atomic E-state index is 0.0327. The number of nitro groups is 1. The van der Waals surface area contributed by atoms with E-state index in [9.17, 15) is 14.9 Å². The van der Waals surface area contributed by atoms with Crippen LogP contribution in [0.1, 0.15) is 61.7 Å². The Morgan fingerprint density at radius 2 is 1.61 bits per heavy atom. The zero-order chi connectivity index (χ0) is 16.9. The van der Waals surface area contributed by atoms with Crippen molar-refractivity contribution in [3.63, 3.8) is 0 Å². The van der Waals surface area contributed by atoms with Gasteiger partial charge in [-0.25, -0.2) is 4.79 Å². The lowest BCUT2D eigenvalue weighted by atomic mass is 10.1. The molecular weight excluding hydrogens is 294 g/mol. The van der Waals surface area contributed by atoms with E-state index in [-0.39, 0.29) is 5.69 Å². The zero-order valence-corrected chi connectivity index (χ0v) is 13.5. The van der Waals surface area contributed by atoms with E-state index in [0.29, 0.717) is 12.2 Å². The second-order valence-electron chi connectivity index (χ2n) is 5.49. The van der Waals surface area contributed by atoms with Gasteiger partial charge in [0.15, 0.2) is 0 Å². The number of benzene rings is 1. The van der Waals surface area contributed by atoms with Gasteiger partial charge in [0, 0.05) is 12.1 Å². The fourth-order valence-corrected chi connectivity index (χ4v) is 2.24. The highest BCUT2D eigenvalue weighted by Gasteiger charge is 2.10. The largest absolute Gasteiger partial charge is 0.462 e. The van der Waals surface area contributed by atoms with E-state index in [1.54, 1.807) is 0 Å². The van der Waals surface area contributed by atoms with Crippen molar-refractivity contribution in [3.05, 3.63) is 52.6 Å². The standard InChI is InChI=1S/C18H25NO4/c1-2-3-4-5-6-7-8-9-10-15-23-18(20)16-11-13-17(14-12-16)19(21)22/h2,11-14H,1,3-10,15H2. The molecule has 1 aromatic rings. The van der Waals surface area contributed by atoms with Crippen LogP contribution < -0.4 is 0 Å². The van der Waals surface area contributed by atoms with Gasteiger partial charge in [-0.3, -0.25) is 10.1 Å². The fourth-order valence-electron chi connectivity index (χ4n) is 2.24. The minimum Gasteiger partial charge on any atom is -0.462 e. The molecule has 0 amide bonds. The van der Waals surface area contributed by atoms with E-state index in [0.717, 1.165) is 25.7 Å². The summed E-state index contributed by atoms with van der Waals surface area (Å²) in [5.74, 6) is -0.427. The molecule has 0 spiro atoms. The van der Waals surface area contributed by atoms with Crippen molar-refractivity contribution in [2.24, 2.45) is 0 Å². The number of carbonyl (C=O) groups excluding carboxylic acids is 1. The van der Waals surface area contributed by atoms with Crippen LogP contribution in [-0.2, 0) is 4.74 Å². The first-order valence-electron chi connectivity index (χ1n) is 8.17. The average Bonchev–Trinajstić information content (AvgIpc) is 2.56. The van der Waals surface area contributed by atoms with E-state index >= 15 is 0 Å². The summed E-state index contributed by atoms with van der Waals surface area (Å²) in [5, 5.41) is 10.5. The highest BCUT2D eigenvalue weighted by atomic mass is 16.6. The molecule has 0 aromatic heterocycles. The van der Waals surface area contributed by atoms with Crippen molar-refractivity contribution >= 4 is 11.7 Å². The number of hydrogen-bond donors (Lipinski definition) is 0. The summed E-state index contributed by atoms with van der Waals surface area (Å²) >= 11 is 0. The van der Waals surface area contributed by atoms with Gasteiger partial charge in [0.25, 0.3) is 5.69 Å². The summed E-state index contributed by atoms with van der Waals surface area (Å²) in [6.45, 7) is 4.10. The van der Waals surface area contributed by atoms with Gasteiger partial charge in [0.2, 0.25) is 0 Å². The maximum atomic E-state index is 11.8. The molecule has 0 aliphatic rings. The Balaban J connectivity index is 2.08. The Morgan fingerprint density at radius 3 is 2.17 bits per heavy atom. The normalized spacial score (nSPS) is 10.3. The molecule has 0 unspecified atom stereocenters. The molecule has 0 N–H and O–H groups in total. The molecule has 0 saturated carbocycles. The molecule has 0 bridgehead atoms. The van der Waals surface area contributed by atoms with Crippen molar-refractivity contribution in [1.29, 1.82) is 0 Å². The zero-order valence-electron chi connectivity index (χ0n) is 13.5. The molecule has 5 heteroatoms. The first kappa shape index (κ1) is 18.9. The Hall–Kier alpha value is -2.17. The predicted molar refractivity (Wildman–Crippen MR) is 90.5 cm³/mol. The maximum absolute atomic E-state index is 11.8. The van der Waals surface area contributed by atoms with Gasteiger partial charge in [-0.05, 0) is 31.4 Å². The molecule has 5 nitrogen and oxygen atoms in total. The van der Waals surface area contributed by atoms with Gasteiger partial charge in [-0.1, -0.05) is 38.2 Å². The van der Waals surface area contributed by atoms with Crippen molar-refractivity contribution in [1.82, 2.24) is 0 Å². The monoisotopic (exact) mass is 319 g/mol. The first-order valence-corrected chi connectivity index (χ1v) is 8.17. The summed E-state index contributed by atoms with van der Waals surface area (Å²) in [4.78, 5) is 21.8. The predicted octanol–water partition coefficient (Wildman–Crippen LogP) is 5.06. The molecule has 0 heterocycles. The summed E-state index contributed by atoms with van der Waals surface area (Å²) in [6.07, 6.45) is 11.0. The van der Waals surface area contributed by atoms with Gasteiger partial charge in [-0.15, -0.1) is 6.58 Å². The van der Waals surface area contributed by atoms with Gasteiger partial charge in [0.05, 0.1) is 17.1 Å². The van der Waals surface area contributed by atoms with Crippen molar-refractivity contribution in [3.8, 4) is 0 Å². The third-order valence-electron chi connectivity index (χ3n) is 3.60. The highest BCUT2D eigenvalue weighted by molar-refractivity contribution is 5.89. The molecule has 0 fully saturated rings. The van der Waals surface area contributed by atoms with E-state index in [4.69, 9.17) is 4.74 Å². The van der Waals surface area contributed by atoms with Crippen LogP contribution in [0.3, 0.4) is 0 Å². The number of carbonyl (C=O) groups is 1. The van der Waals surface area contributed by atoms with Gasteiger partial charge in [0.1, 0.15) is 0 Å². The minimum atomic E-state index is -0.494. The van der Waals surface area contributed by atoms with Crippen LogP contribution in [0.5, 0.6) is 0 Å². The van der Waals surface area contributed by atoms with Crippen molar-refractivity contribution in [2.75, 3.05) is 6.61 Å². The van der Waals surface area contributed by atoms with Crippen molar-refractivity contribution < 1.29 is 14.5 Å². The second-order valence-corrected chi connectivity index (χ2v) is 5.49. The lowest BCUT2D eigenvalue weighted by Crippen LogP contribution is -2.06. The van der Waals surface area contributed by atoms with Crippen LogP contribution in [0.15, 0.2) is 36.9 Å². The first-order chi connectivity index (χ1) is 11.1. The number of ether oxygens (including phenoxy) is 1. The number of unbranched alkanes of at least 4 members (excludes halogenated alkanes) is 7. The van der Waals surface area contributed by atoms with Crippen molar-refractivity contribution in [2.45, 2.75) is 51.4 Å². The SMILES string of the molecule is C=CCCCCCCCCCOC(=O)c1ccc([N+](=O)[O-])cc1. The highest BCUT2D eigenvalue weighted by Crippen LogP contribution is 2.13. The van der Waals surface area contributed by atoms with Crippen LogP contribution in [0.4, 0.5) is 5.69 Å². The fraction of sp³-hybridized carbons (Fsp3) is 0.500. The Labute approximate surface area is 137 Å². The molecule has 0 aliphatic heterocycles. The number of rotatable bonds is 12. The molecule has 1 rings (SSSR count).